The minimum absolute atomic E-state index is 0.276. The van der Waals surface area contributed by atoms with Crippen LogP contribution in [0.5, 0.6) is 0 Å². The van der Waals surface area contributed by atoms with Crippen LogP contribution in [0.3, 0.4) is 0 Å². The van der Waals surface area contributed by atoms with Crippen molar-refractivity contribution >= 4 is 11.6 Å². The fourth-order valence-electron chi connectivity index (χ4n) is 7.98. The van der Waals surface area contributed by atoms with Crippen molar-refractivity contribution in [3.05, 3.63) is 82.9 Å². The van der Waals surface area contributed by atoms with E-state index in [1.54, 1.807) is 11.1 Å². The fraction of sp³-hybridized carbons (Fsp3) is 0.357. The van der Waals surface area contributed by atoms with E-state index in [2.05, 4.69) is 54.6 Å². The minimum Gasteiger partial charge on any atom is -0.0843 e. The van der Waals surface area contributed by atoms with Gasteiger partial charge in [-0.25, -0.2) is 0 Å². The van der Waals surface area contributed by atoms with Gasteiger partial charge in [-0.15, -0.1) is 0 Å². The molecule has 4 fully saturated rings. The van der Waals surface area contributed by atoms with Gasteiger partial charge in [0.2, 0.25) is 0 Å². The van der Waals surface area contributed by atoms with Crippen molar-refractivity contribution in [2.45, 2.75) is 37.5 Å². The summed E-state index contributed by atoms with van der Waals surface area (Å²) in [4.78, 5) is 0. The molecule has 1 spiro atoms. The van der Waals surface area contributed by atoms with Crippen molar-refractivity contribution < 1.29 is 0 Å². The molecule has 0 aromatic heterocycles. The molecule has 0 amide bonds. The van der Waals surface area contributed by atoms with E-state index in [1.165, 1.54) is 54.4 Å². The van der Waals surface area contributed by atoms with Crippen LogP contribution in [-0.2, 0) is 5.41 Å². The maximum atomic E-state index is 6.13. The maximum absolute atomic E-state index is 6.13. The highest BCUT2D eigenvalue weighted by Gasteiger charge is 2.61. The van der Waals surface area contributed by atoms with Crippen LogP contribution < -0.4 is 0 Å². The molecule has 3 aromatic rings. The van der Waals surface area contributed by atoms with Crippen LogP contribution in [-0.4, -0.2) is 0 Å². The van der Waals surface area contributed by atoms with Crippen LogP contribution in [0.1, 0.15) is 43.2 Å². The smallest absolute Gasteiger partial charge is 0.0406 e. The Hall–Kier alpha value is -2.05. The van der Waals surface area contributed by atoms with Gasteiger partial charge in [0, 0.05) is 10.4 Å². The van der Waals surface area contributed by atoms with Crippen LogP contribution >= 0.6 is 11.6 Å². The highest BCUT2D eigenvalue weighted by Crippen LogP contribution is 2.69. The quantitative estimate of drug-likeness (QED) is 0.394. The normalized spacial score (nSPS) is 33.1. The summed E-state index contributed by atoms with van der Waals surface area (Å²) in [7, 11) is 0. The van der Waals surface area contributed by atoms with Gasteiger partial charge < -0.3 is 0 Å². The SMILES string of the molecule is Clc1ccc(-c2ccc3c(c2)-c2ccccc2C32C3CC4CC(C3)CC2C4)cc1. The first kappa shape index (κ1) is 16.7. The first-order chi connectivity index (χ1) is 14.2. The Kier molecular flexibility index (Phi) is 3.32. The molecule has 4 bridgehead atoms. The summed E-state index contributed by atoms with van der Waals surface area (Å²) in [5.74, 6) is 3.66. The number of hydrogen-bond donors (Lipinski definition) is 0. The molecule has 0 aliphatic heterocycles. The molecule has 5 aliphatic rings. The number of fused-ring (bicyclic) bond motifs is 3. The average Bonchev–Trinajstić information content (AvgIpc) is 3.03. The second-order valence-electron chi connectivity index (χ2n) is 9.99. The molecule has 3 aromatic carbocycles. The lowest BCUT2D eigenvalue weighted by Crippen LogP contribution is -2.55. The van der Waals surface area contributed by atoms with Crippen molar-refractivity contribution in [3.8, 4) is 22.3 Å². The zero-order valence-corrected chi connectivity index (χ0v) is 17.3. The number of hydrogen-bond acceptors (Lipinski definition) is 0. The van der Waals surface area contributed by atoms with E-state index in [4.69, 9.17) is 11.6 Å². The van der Waals surface area contributed by atoms with E-state index >= 15 is 0 Å². The lowest BCUT2D eigenvalue weighted by Gasteiger charge is -2.61. The zero-order valence-electron chi connectivity index (χ0n) is 16.6. The highest BCUT2D eigenvalue weighted by atomic mass is 35.5. The summed E-state index contributed by atoms with van der Waals surface area (Å²) in [5.41, 5.74) is 9.07. The van der Waals surface area contributed by atoms with E-state index < -0.39 is 0 Å². The van der Waals surface area contributed by atoms with Crippen LogP contribution in [0, 0.1) is 23.7 Å². The zero-order chi connectivity index (χ0) is 19.2. The van der Waals surface area contributed by atoms with E-state index in [0.29, 0.717) is 0 Å². The Morgan fingerprint density at radius 3 is 1.97 bits per heavy atom. The topological polar surface area (TPSA) is 0 Å². The molecule has 1 heteroatoms. The predicted molar refractivity (Wildman–Crippen MR) is 120 cm³/mol. The molecule has 0 saturated heterocycles. The summed E-state index contributed by atoms with van der Waals surface area (Å²) < 4.78 is 0. The van der Waals surface area contributed by atoms with Crippen molar-refractivity contribution in [1.29, 1.82) is 0 Å². The molecule has 29 heavy (non-hydrogen) atoms. The second-order valence-corrected chi connectivity index (χ2v) is 10.4. The van der Waals surface area contributed by atoms with Gasteiger partial charge in [0.05, 0.1) is 0 Å². The molecule has 0 atom stereocenters. The first-order valence-corrected chi connectivity index (χ1v) is 11.6. The Morgan fingerprint density at radius 2 is 1.24 bits per heavy atom. The minimum atomic E-state index is 0.276. The molecule has 0 heterocycles. The summed E-state index contributed by atoms with van der Waals surface area (Å²) in [6.45, 7) is 0. The van der Waals surface area contributed by atoms with Gasteiger partial charge in [0.15, 0.2) is 0 Å². The van der Waals surface area contributed by atoms with Gasteiger partial charge in [-0.05, 0) is 107 Å². The van der Waals surface area contributed by atoms with Gasteiger partial charge in [0.1, 0.15) is 0 Å². The predicted octanol–water partition coefficient (Wildman–Crippen LogP) is 7.73. The van der Waals surface area contributed by atoms with Crippen molar-refractivity contribution in [2.24, 2.45) is 23.7 Å². The fourth-order valence-corrected chi connectivity index (χ4v) is 8.11. The third-order valence-corrected chi connectivity index (χ3v) is 8.98. The summed E-state index contributed by atoms with van der Waals surface area (Å²) in [6.07, 6.45) is 7.28. The monoisotopic (exact) mass is 396 g/mol. The summed E-state index contributed by atoms with van der Waals surface area (Å²) >= 11 is 6.13. The molecule has 0 nitrogen and oxygen atoms in total. The molecule has 0 N–H and O–H groups in total. The van der Waals surface area contributed by atoms with E-state index in [-0.39, 0.29) is 5.41 Å². The molecule has 144 valence electrons. The van der Waals surface area contributed by atoms with Crippen LogP contribution in [0.4, 0.5) is 0 Å². The molecule has 8 rings (SSSR count). The number of halogens is 1. The van der Waals surface area contributed by atoms with Gasteiger partial charge in [-0.2, -0.15) is 0 Å². The maximum Gasteiger partial charge on any atom is 0.0406 e. The van der Waals surface area contributed by atoms with Crippen molar-refractivity contribution in [2.75, 3.05) is 0 Å². The van der Waals surface area contributed by atoms with Gasteiger partial charge in [-0.3, -0.25) is 0 Å². The molecule has 5 aliphatic carbocycles. The molecule has 4 saturated carbocycles. The van der Waals surface area contributed by atoms with E-state index in [0.717, 1.165) is 28.7 Å². The Morgan fingerprint density at radius 1 is 0.621 bits per heavy atom. The Labute approximate surface area is 177 Å². The molecule has 0 radical (unpaired) electrons. The summed E-state index contributed by atoms with van der Waals surface area (Å²) in [5, 5.41) is 0.799. The molecular formula is C28H25Cl. The summed E-state index contributed by atoms with van der Waals surface area (Å²) in [6, 6.07) is 24.9. The average molecular weight is 397 g/mol. The van der Waals surface area contributed by atoms with E-state index in [1.807, 2.05) is 12.1 Å². The van der Waals surface area contributed by atoms with Crippen LogP contribution in [0.15, 0.2) is 66.7 Å². The number of benzene rings is 3. The van der Waals surface area contributed by atoms with Crippen LogP contribution in [0.25, 0.3) is 22.3 Å². The van der Waals surface area contributed by atoms with Crippen molar-refractivity contribution in [3.63, 3.8) is 0 Å². The van der Waals surface area contributed by atoms with Crippen molar-refractivity contribution in [1.82, 2.24) is 0 Å². The lowest BCUT2D eigenvalue weighted by molar-refractivity contribution is -0.0399. The molecule has 0 unspecified atom stereocenters. The third kappa shape index (κ3) is 2.11. The lowest BCUT2D eigenvalue weighted by atomic mass is 9.43. The van der Waals surface area contributed by atoms with Crippen LogP contribution in [0.2, 0.25) is 5.02 Å². The van der Waals surface area contributed by atoms with Gasteiger partial charge >= 0.3 is 0 Å². The second kappa shape index (κ2) is 5.76. The van der Waals surface area contributed by atoms with E-state index in [9.17, 15) is 0 Å². The number of rotatable bonds is 1. The largest absolute Gasteiger partial charge is 0.0843 e. The van der Waals surface area contributed by atoms with Gasteiger partial charge in [-0.1, -0.05) is 60.1 Å². The third-order valence-electron chi connectivity index (χ3n) is 8.73. The highest BCUT2D eigenvalue weighted by molar-refractivity contribution is 6.30. The Balaban J connectivity index is 1.46. The molecular weight excluding hydrogens is 372 g/mol. The Bertz CT molecular complexity index is 1100. The standard InChI is InChI=1S/C28H25Cl/c29-23-8-5-19(6-9-23)20-7-10-27-25(16-20)24-3-1-2-4-26(24)28(27)21-12-17-11-18(14-21)15-22(28)13-17/h1-10,16-18,21-22H,11-15H2. The van der Waals surface area contributed by atoms with Gasteiger partial charge in [0.25, 0.3) is 0 Å². The first-order valence-electron chi connectivity index (χ1n) is 11.2.